The number of aryl methyl sites for hydroxylation is 1. The number of benzene rings is 2. The van der Waals surface area contributed by atoms with Gasteiger partial charge in [0.25, 0.3) is 5.91 Å². The van der Waals surface area contributed by atoms with Gasteiger partial charge in [0.15, 0.2) is 0 Å². The third-order valence-corrected chi connectivity index (χ3v) is 5.15. The standard InChI is InChI=1S/C22H24F3N3O2/c1-15-5-2-3-6-17(15)13-28-10-9-19(14-28)27-20(29)12-26-21(30)16-7-4-8-18(11-16)22(23,24)25/h2-8,11,19H,9-10,12-14H2,1H3,(H,26,30)(H,27,29)/t19-/m1/s1. The van der Waals surface area contributed by atoms with Gasteiger partial charge in [-0.2, -0.15) is 13.2 Å². The van der Waals surface area contributed by atoms with Crippen LogP contribution in [-0.4, -0.2) is 42.4 Å². The minimum Gasteiger partial charge on any atom is -0.350 e. The molecule has 0 aromatic heterocycles. The van der Waals surface area contributed by atoms with E-state index in [0.717, 1.165) is 31.6 Å². The van der Waals surface area contributed by atoms with E-state index in [4.69, 9.17) is 0 Å². The van der Waals surface area contributed by atoms with E-state index in [-0.39, 0.29) is 24.1 Å². The fraction of sp³-hybridized carbons (Fsp3) is 0.364. The van der Waals surface area contributed by atoms with Crippen molar-refractivity contribution in [3.05, 3.63) is 70.8 Å². The quantitative estimate of drug-likeness (QED) is 0.756. The topological polar surface area (TPSA) is 61.4 Å². The van der Waals surface area contributed by atoms with Crippen LogP contribution in [0.1, 0.15) is 33.5 Å². The van der Waals surface area contributed by atoms with E-state index in [1.54, 1.807) is 0 Å². The molecule has 1 heterocycles. The van der Waals surface area contributed by atoms with Crippen molar-refractivity contribution < 1.29 is 22.8 Å². The first-order chi connectivity index (χ1) is 14.2. The summed E-state index contributed by atoms with van der Waals surface area (Å²) in [6, 6.07) is 12.3. The second kappa shape index (κ2) is 9.30. The third-order valence-electron chi connectivity index (χ3n) is 5.15. The Hall–Kier alpha value is -2.87. The summed E-state index contributed by atoms with van der Waals surface area (Å²) in [5.74, 6) is -1.08. The zero-order valence-corrected chi connectivity index (χ0v) is 16.6. The first kappa shape index (κ1) is 21.8. The Balaban J connectivity index is 1.45. The first-order valence-corrected chi connectivity index (χ1v) is 9.74. The van der Waals surface area contributed by atoms with Crippen LogP contribution in [0.15, 0.2) is 48.5 Å². The number of amides is 2. The molecule has 1 saturated heterocycles. The normalized spacial score (nSPS) is 17.0. The van der Waals surface area contributed by atoms with Crippen LogP contribution in [0.2, 0.25) is 0 Å². The molecule has 1 atom stereocenters. The summed E-state index contributed by atoms with van der Waals surface area (Å²) in [4.78, 5) is 26.5. The van der Waals surface area contributed by atoms with Gasteiger partial charge in [-0.05, 0) is 42.7 Å². The predicted molar refractivity (Wildman–Crippen MR) is 107 cm³/mol. The number of likely N-dealkylation sites (tertiary alicyclic amines) is 1. The average molecular weight is 419 g/mol. The molecule has 30 heavy (non-hydrogen) atoms. The SMILES string of the molecule is Cc1ccccc1CN1CC[C@@H](NC(=O)CNC(=O)c2cccc(C(F)(F)F)c2)C1. The molecule has 2 aromatic rings. The molecule has 0 aliphatic carbocycles. The Bertz CT molecular complexity index is 914. The lowest BCUT2D eigenvalue weighted by molar-refractivity contribution is -0.137. The molecule has 2 amide bonds. The van der Waals surface area contributed by atoms with Crippen molar-refractivity contribution in [3.8, 4) is 0 Å². The molecule has 2 N–H and O–H groups in total. The Kier molecular flexibility index (Phi) is 6.77. The van der Waals surface area contributed by atoms with Gasteiger partial charge in [0.1, 0.15) is 0 Å². The van der Waals surface area contributed by atoms with Gasteiger partial charge in [-0.15, -0.1) is 0 Å². The van der Waals surface area contributed by atoms with E-state index < -0.39 is 17.6 Å². The highest BCUT2D eigenvalue weighted by Gasteiger charge is 2.31. The molecule has 1 aliphatic rings. The van der Waals surface area contributed by atoms with Gasteiger partial charge in [-0.25, -0.2) is 0 Å². The van der Waals surface area contributed by atoms with E-state index >= 15 is 0 Å². The van der Waals surface area contributed by atoms with Gasteiger partial charge < -0.3 is 10.6 Å². The lowest BCUT2D eigenvalue weighted by atomic mass is 10.1. The molecule has 0 saturated carbocycles. The highest BCUT2D eigenvalue weighted by molar-refractivity contribution is 5.96. The highest BCUT2D eigenvalue weighted by Crippen LogP contribution is 2.29. The van der Waals surface area contributed by atoms with Gasteiger partial charge >= 0.3 is 6.18 Å². The number of hydrogen-bond acceptors (Lipinski definition) is 3. The van der Waals surface area contributed by atoms with E-state index in [0.29, 0.717) is 6.54 Å². The fourth-order valence-electron chi connectivity index (χ4n) is 3.50. The summed E-state index contributed by atoms with van der Waals surface area (Å²) in [5, 5.41) is 5.25. The Labute approximate surface area is 173 Å². The molecule has 5 nitrogen and oxygen atoms in total. The molecule has 3 rings (SSSR count). The molecule has 1 aliphatic heterocycles. The predicted octanol–water partition coefficient (Wildman–Crippen LogP) is 3.13. The maximum Gasteiger partial charge on any atom is 0.416 e. The smallest absolute Gasteiger partial charge is 0.350 e. The summed E-state index contributed by atoms with van der Waals surface area (Å²) in [6.45, 7) is 4.16. The summed E-state index contributed by atoms with van der Waals surface area (Å²) < 4.78 is 38.3. The van der Waals surface area contributed by atoms with Gasteiger partial charge in [-0.1, -0.05) is 30.3 Å². The first-order valence-electron chi connectivity index (χ1n) is 9.74. The number of hydrogen-bond donors (Lipinski definition) is 2. The van der Waals surface area contributed by atoms with Gasteiger partial charge in [0, 0.05) is 31.2 Å². The largest absolute Gasteiger partial charge is 0.416 e. The summed E-state index contributed by atoms with van der Waals surface area (Å²) >= 11 is 0. The number of halogens is 3. The minimum absolute atomic E-state index is 0.0213. The van der Waals surface area contributed by atoms with Gasteiger partial charge in [-0.3, -0.25) is 14.5 Å². The van der Waals surface area contributed by atoms with Crippen molar-refractivity contribution in [3.63, 3.8) is 0 Å². The van der Waals surface area contributed by atoms with Crippen LogP contribution in [0.5, 0.6) is 0 Å². The summed E-state index contributed by atoms with van der Waals surface area (Å²) in [5.41, 5.74) is 1.43. The Morgan fingerprint density at radius 2 is 1.90 bits per heavy atom. The molecule has 2 aromatic carbocycles. The number of nitrogens with one attached hydrogen (secondary N) is 2. The van der Waals surface area contributed by atoms with Crippen LogP contribution in [0.25, 0.3) is 0 Å². The van der Waals surface area contributed by atoms with E-state index in [1.165, 1.54) is 23.3 Å². The number of alkyl halides is 3. The van der Waals surface area contributed by atoms with Crippen molar-refractivity contribution in [1.82, 2.24) is 15.5 Å². The maximum atomic E-state index is 12.8. The number of nitrogens with zero attached hydrogens (tertiary/aromatic N) is 1. The summed E-state index contributed by atoms with van der Waals surface area (Å²) in [6.07, 6.45) is -3.72. The van der Waals surface area contributed by atoms with Gasteiger partial charge in [0.05, 0.1) is 12.1 Å². The van der Waals surface area contributed by atoms with Crippen molar-refractivity contribution in [1.29, 1.82) is 0 Å². The van der Waals surface area contributed by atoms with Crippen molar-refractivity contribution in [2.75, 3.05) is 19.6 Å². The second-order valence-corrected chi connectivity index (χ2v) is 7.48. The monoisotopic (exact) mass is 419 g/mol. The lowest BCUT2D eigenvalue weighted by Gasteiger charge is -2.18. The molecule has 0 radical (unpaired) electrons. The molecule has 1 fully saturated rings. The van der Waals surface area contributed by atoms with Crippen LogP contribution in [-0.2, 0) is 17.5 Å². The molecule has 160 valence electrons. The minimum atomic E-state index is -4.53. The van der Waals surface area contributed by atoms with E-state index in [9.17, 15) is 22.8 Å². The summed E-state index contributed by atoms with van der Waals surface area (Å²) in [7, 11) is 0. The molecular formula is C22H24F3N3O2. The van der Waals surface area contributed by atoms with Crippen LogP contribution in [0, 0.1) is 6.92 Å². The Morgan fingerprint density at radius 1 is 1.13 bits per heavy atom. The number of carbonyl (C=O) groups excluding carboxylic acids is 2. The van der Waals surface area contributed by atoms with Crippen LogP contribution >= 0.6 is 0 Å². The van der Waals surface area contributed by atoms with Crippen molar-refractivity contribution in [2.24, 2.45) is 0 Å². The number of carbonyl (C=O) groups is 2. The Morgan fingerprint density at radius 3 is 2.63 bits per heavy atom. The second-order valence-electron chi connectivity index (χ2n) is 7.48. The zero-order chi connectivity index (χ0) is 21.7. The van der Waals surface area contributed by atoms with Crippen LogP contribution in [0.4, 0.5) is 13.2 Å². The maximum absolute atomic E-state index is 12.8. The van der Waals surface area contributed by atoms with Crippen molar-refractivity contribution >= 4 is 11.8 Å². The van der Waals surface area contributed by atoms with Crippen LogP contribution < -0.4 is 10.6 Å². The third kappa shape index (κ3) is 5.82. The highest BCUT2D eigenvalue weighted by atomic mass is 19.4. The van der Waals surface area contributed by atoms with Crippen molar-refractivity contribution in [2.45, 2.75) is 32.1 Å². The zero-order valence-electron chi connectivity index (χ0n) is 16.6. The number of rotatable bonds is 6. The molecule has 0 unspecified atom stereocenters. The van der Waals surface area contributed by atoms with Gasteiger partial charge in [0.2, 0.25) is 5.91 Å². The fourth-order valence-corrected chi connectivity index (χ4v) is 3.50. The molecule has 0 spiro atoms. The van der Waals surface area contributed by atoms with E-state index in [2.05, 4.69) is 34.6 Å². The average Bonchev–Trinajstić information content (AvgIpc) is 3.14. The molecule has 8 heteroatoms. The van der Waals surface area contributed by atoms with E-state index in [1.807, 2.05) is 12.1 Å². The lowest BCUT2D eigenvalue weighted by Crippen LogP contribution is -2.43. The molecule has 0 bridgehead atoms. The van der Waals surface area contributed by atoms with Crippen LogP contribution in [0.3, 0.4) is 0 Å². The molecular weight excluding hydrogens is 395 g/mol.